The second-order valence-electron chi connectivity index (χ2n) is 8.15. The number of para-hydroxylation sites is 2. The van der Waals surface area contributed by atoms with Gasteiger partial charge in [-0.25, -0.2) is 0 Å². The number of rotatable bonds is 5. The fraction of sp³-hybridized carbons (Fsp3) is 0.417. The molecule has 31 heavy (non-hydrogen) atoms. The predicted molar refractivity (Wildman–Crippen MR) is 122 cm³/mol. The number of halogens is 1. The number of piperidine rings is 1. The van der Waals surface area contributed by atoms with Gasteiger partial charge in [-0.3, -0.25) is 9.59 Å². The molecule has 2 aromatic rings. The first kappa shape index (κ1) is 21.5. The van der Waals surface area contributed by atoms with Gasteiger partial charge in [0.15, 0.2) is 6.10 Å². The van der Waals surface area contributed by atoms with Gasteiger partial charge in [-0.1, -0.05) is 41.9 Å². The molecule has 2 unspecified atom stereocenters. The van der Waals surface area contributed by atoms with Gasteiger partial charge in [0.05, 0.1) is 24.8 Å². The van der Waals surface area contributed by atoms with Crippen LogP contribution in [0.4, 0.5) is 5.69 Å². The van der Waals surface area contributed by atoms with E-state index in [1.165, 1.54) is 0 Å². The molecule has 2 aromatic carbocycles. The van der Waals surface area contributed by atoms with Crippen LogP contribution in [0.25, 0.3) is 0 Å². The summed E-state index contributed by atoms with van der Waals surface area (Å²) in [5.41, 5.74) is 1.70. The molecule has 2 heterocycles. The van der Waals surface area contributed by atoms with Crippen LogP contribution in [0.3, 0.4) is 0 Å². The van der Waals surface area contributed by atoms with E-state index in [2.05, 4.69) is 5.32 Å². The van der Waals surface area contributed by atoms with Crippen LogP contribution in [0.15, 0.2) is 48.5 Å². The molecule has 2 aliphatic rings. The Labute approximate surface area is 188 Å². The molecule has 164 valence electrons. The molecular formula is C24H28ClN3O3. The molecule has 1 fully saturated rings. The van der Waals surface area contributed by atoms with E-state index in [1.807, 2.05) is 65.3 Å². The number of likely N-dealkylation sites (tertiary alicyclic amines) is 1. The molecule has 0 aromatic heterocycles. The van der Waals surface area contributed by atoms with Crippen LogP contribution in [0.2, 0.25) is 5.02 Å². The Kier molecular flexibility index (Phi) is 6.66. The van der Waals surface area contributed by atoms with E-state index in [-0.39, 0.29) is 24.4 Å². The summed E-state index contributed by atoms with van der Waals surface area (Å²) >= 11 is 6.27. The van der Waals surface area contributed by atoms with E-state index < -0.39 is 6.10 Å². The minimum Gasteiger partial charge on any atom is -0.477 e. The zero-order chi connectivity index (χ0) is 21.8. The smallest absolute Gasteiger partial charge is 0.265 e. The zero-order valence-electron chi connectivity index (χ0n) is 17.7. The van der Waals surface area contributed by atoms with Crippen LogP contribution in [-0.4, -0.2) is 49.0 Å². The van der Waals surface area contributed by atoms with Gasteiger partial charge in [0.1, 0.15) is 5.75 Å². The van der Waals surface area contributed by atoms with Crippen LogP contribution in [0.5, 0.6) is 5.75 Å². The van der Waals surface area contributed by atoms with Crippen molar-refractivity contribution in [3.05, 3.63) is 59.1 Å². The summed E-state index contributed by atoms with van der Waals surface area (Å²) < 4.78 is 6.04. The molecule has 4 rings (SSSR count). The van der Waals surface area contributed by atoms with Crippen molar-refractivity contribution < 1.29 is 14.3 Å². The largest absolute Gasteiger partial charge is 0.477 e. The van der Waals surface area contributed by atoms with Crippen LogP contribution >= 0.6 is 11.6 Å². The fourth-order valence-electron chi connectivity index (χ4n) is 4.27. The highest BCUT2D eigenvalue weighted by molar-refractivity contribution is 6.31. The Morgan fingerprint density at radius 2 is 1.81 bits per heavy atom. The Morgan fingerprint density at radius 3 is 2.58 bits per heavy atom. The van der Waals surface area contributed by atoms with E-state index in [0.29, 0.717) is 17.3 Å². The van der Waals surface area contributed by atoms with Crippen molar-refractivity contribution in [2.75, 3.05) is 31.1 Å². The van der Waals surface area contributed by atoms with Gasteiger partial charge < -0.3 is 19.9 Å². The first-order valence-electron chi connectivity index (χ1n) is 10.9. The summed E-state index contributed by atoms with van der Waals surface area (Å²) in [5, 5.41) is 3.65. The molecule has 0 saturated carbocycles. The number of fused-ring (bicyclic) bond motifs is 1. The van der Waals surface area contributed by atoms with Gasteiger partial charge in [-0.15, -0.1) is 0 Å². The van der Waals surface area contributed by atoms with E-state index in [4.69, 9.17) is 16.3 Å². The zero-order valence-corrected chi connectivity index (χ0v) is 18.5. The number of carbonyl (C=O) groups is 2. The van der Waals surface area contributed by atoms with Gasteiger partial charge in [-0.2, -0.15) is 0 Å². The topological polar surface area (TPSA) is 61.9 Å². The summed E-state index contributed by atoms with van der Waals surface area (Å²) in [5.74, 6) is 0.508. The van der Waals surface area contributed by atoms with Crippen LogP contribution < -0.4 is 15.0 Å². The first-order valence-corrected chi connectivity index (χ1v) is 11.2. The summed E-state index contributed by atoms with van der Waals surface area (Å²) in [7, 11) is 0. The van der Waals surface area contributed by atoms with Crippen LogP contribution in [0, 0.1) is 0 Å². The average molecular weight is 442 g/mol. The number of nitrogens with one attached hydrogen (secondary N) is 1. The third-order valence-corrected chi connectivity index (χ3v) is 6.23. The summed E-state index contributed by atoms with van der Waals surface area (Å²) in [6.07, 6.45) is 2.61. The highest BCUT2D eigenvalue weighted by atomic mass is 35.5. The Morgan fingerprint density at radius 1 is 1.10 bits per heavy atom. The third kappa shape index (κ3) is 4.96. The first-order chi connectivity index (χ1) is 15.0. The number of carbonyl (C=O) groups excluding carboxylic acids is 2. The van der Waals surface area contributed by atoms with Gasteiger partial charge in [-0.05, 0) is 49.9 Å². The number of nitrogens with zero attached hydrogens (tertiary/aromatic N) is 2. The van der Waals surface area contributed by atoms with Crippen LogP contribution in [0.1, 0.15) is 37.8 Å². The van der Waals surface area contributed by atoms with Gasteiger partial charge in [0.25, 0.3) is 5.91 Å². The molecule has 0 aliphatic carbocycles. The number of ether oxygens (including phenoxy) is 1. The molecule has 7 heteroatoms. The highest BCUT2D eigenvalue weighted by Gasteiger charge is 2.34. The molecule has 0 bridgehead atoms. The molecule has 1 N–H and O–H groups in total. The molecule has 2 atom stereocenters. The SMILES string of the molecule is CC(NC(=O)CN1CC(C(=O)N2CCCCC2)Oc2ccccc21)c1ccccc1Cl. The van der Waals surface area contributed by atoms with Gasteiger partial charge in [0.2, 0.25) is 5.91 Å². The average Bonchev–Trinajstić information content (AvgIpc) is 2.79. The molecule has 0 spiro atoms. The maximum Gasteiger partial charge on any atom is 0.265 e. The number of benzene rings is 2. The lowest BCUT2D eigenvalue weighted by molar-refractivity contribution is -0.139. The van der Waals surface area contributed by atoms with Crippen molar-refractivity contribution in [2.45, 2.75) is 38.3 Å². The van der Waals surface area contributed by atoms with E-state index >= 15 is 0 Å². The second-order valence-corrected chi connectivity index (χ2v) is 8.56. The lowest BCUT2D eigenvalue weighted by Crippen LogP contribution is -2.53. The maximum atomic E-state index is 13.1. The molecule has 2 amide bonds. The number of hydrogen-bond acceptors (Lipinski definition) is 4. The van der Waals surface area contributed by atoms with Crippen molar-refractivity contribution in [3.8, 4) is 5.75 Å². The molecular weight excluding hydrogens is 414 g/mol. The number of hydrogen-bond donors (Lipinski definition) is 1. The Balaban J connectivity index is 1.46. The van der Waals surface area contributed by atoms with Crippen molar-refractivity contribution in [3.63, 3.8) is 0 Å². The molecule has 6 nitrogen and oxygen atoms in total. The summed E-state index contributed by atoms with van der Waals surface area (Å²) in [6.45, 7) is 3.95. The van der Waals surface area contributed by atoms with Crippen molar-refractivity contribution in [2.24, 2.45) is 0 Å². The number of anilines is 1. The van der Waals surface area contributed by atoms with E-state index in [1.54, 1.807) is 0 Å². The Bertz CT molecular complexity index is 945. The lowest BCUT2D eigenvalue weighted by Gasteiger charge is -2.38. The molecule has 1 saturated heterocycles. The normalized spacial score (nSPS) is 19.2. The van der Waals surface area contributed by atoms with E-state index in [0.717, 1.165) is 43.6 Å². The van der Waals surface area contributed by atoms with Gasteiger partial charge >= 0.3 is 0 Å². The van der Waals surface area contributed by atoms with Crippen LogP contribution in [-0.2, 0) is 9.59 Å². The quantitative estimate of drug-likeness (QED) is 0.766. The highest BCUT2D eigenvalue weighted by Crippen LogP contribution is 2.33. The van der Waals surface area contributed by atoms with Crippen molar-refractivity contribution in [1.82, 2.24) is 10.2 Å². The molecule has 2 aliphatic heterocycles. The minimum atomic E-state index is -0.609. The summed E-state index contributed by atoms with van der Waals surface area (Å²) in [4.78, 5) is 29.7. The van der Waals surface area contributed by atoms with Crippen molar-refractivity contribution in [1.29, 1.82) is 0 Å². The predicted octanol–water partition coefficient (Wildman–Crippen LogP) is 3.80. The van der Waals surface area contributed by atoms with Gasteiger partial charge in [0, 0.05) is 18.1 Å². The minimum absolute atomic E-state index is 0.00375. The lowest BCUT2D eigenvalue weighted by atomic mass is 10.1. The van der Waals surface area contributed by atoms with E-state index in [9.17, 15) is 9.59 Å². The number of amides is 2. The Hall–Kier alpha value is -2.73. The fourth-order valence-corrected chi connectivity index (χ4v) is 4.57. The molecule has 0 radical (unpaired) electrons. The second kappa shape index (κ2) is 9.60. The maximum absolute atomic E-state index is 13.1. The standard InChI is InChI=1S/C24H28ClN3O3/c1-17(18-9-3-4-10-19(18)25)26-23(29)16-28-15-22(24(30)27-13-7-2-8-14-27)31-21-12-6-5-11-20(21)28/h3-6,9-12,17,22H,2,7-8,13-16H2,1H3,(H,26,29). The summed E-state index contributed by atoms with van der Waals surface area (Å²) in [6, 6.07) is 14.8. The monoisotopic (exact) mass is 441 g/mol. The third-order valence-electron chi connectivity index (χ3n) is 5.89. The van der Waals surface area contributed by atoms with Crippen molar-refractivity contribution >= 4 is 29.1 Å².